The van der Waals surface area contributed by atoms with Crippen LogP contribution in [0.25, 0.3) is 0 Å². The van der Waals surface area contributed by atoms with E-state index in [2.05, 4.69) is 4.98 Å². The maximum Gasteiger partial charge on any atom is 0.178 e. The quantitative estimate of drug-likeness (QED) is 0.825. The Morgan fingerprint density at radius 3 is 2.78 bits per heavy atom. The van der Waals surface area contributed by atoms with Gasteiger partial charge in [-0.1, -0.05) is 0 Å². The van der Waals surface area contributed by atoms with Gasteiger partial charge in [-0.05, 0) is 39.1 Å². The van der Waals surface area contributed by atoms with Gasteiger partial charge in [0, 0.05) is 17.0 Å². The number of H-pyrrole nitrogens is 1. The van der Waals surface area contributed by atoms with Gasteiger partial charge in [-0.3, -0.25) is 9.69 Å². The molecule has 0 bridgehead atoms. The van der Waals surface area contributed by atoms with E-state index >= 15 is 0 Å². The summed E-state index contributed by atoms with van der Waals surface area (Å²) in [6.45, 7) is 4.91. The van der Waals surface area contributed by atoms with Crippen LogP contribution in [0.5, 0.6) is 0 Å². The van der Waals surface area contributed by atoms with Gasteiger partial charge < -0.3 is 9.40 Å². The molecule has 2 aromatic rings. The molecule has 0 aliphatic rings. The van der Waals surface area contributed by atoms with E-state index in [9.17, 15) is 4.79 Å². The van der Waals surface area contributed by atoms with Crippen LogP contribution in [-0.2, 0) is 6.54 Å². The van der Waals surface area contributed by atoms with Crippen molar-refractivity contribution < 1.29 is 9.21 Å². The Bertz CT molecular complexity index is 526. The van der Waals surface area contributed by atoms with E-state index in [-0.39, 0.29) is 5.78 Å². The average molecular weight is 246 g/mol. The fraction of sp³-hybridized carbons (Fsp3) is 0.357. The molecule has 0 unspecified atom stereocenters. The molecule has 4 heteroatoms. The Balaban J connectivity index is 1.97. The second-order valence-corrected chi connectivity index (χ2v) is 4.67. The number of Topliss-reactive ketones (excluding diaryl/α,β-unsaturated/α-hetero) is 1. The molecule has 0 radical (unpaired) electrons. The van der Waals surface area contributed by atoms with Crippen LogP contribution in [0.4, 0.5) is 0 Å². The van der Waals surface area contributed by atoms with E-state index in [1.54, 1.807) is 6.26 Å². The van der Waals surface area contributed by atoms with Crippen molar-refractivity contribution in [3.05, 3.63) is 47.2 Å². The highest BCUT2D eigenvalue weighted by atomic mass is 16.3. The Morgan fingerprint density at radius 1 is 1.44 bits per heavy atom. The van der Waals surface area contributed by atoms with E-state index in [1.165, 1.54) is 0 Å². The number of nitrogens with one attached hydrogen (secondary N) is 1. The van der Waals surface area contributed by atoms with Crippen LogP contribution in [0.2, 0.25) is 0 Å². The molecule has 18 heavy (non-hydrogen) atoms. The van der Waals surface area contributed by atoms with Gasteiger partial charge in [-0.15, -0.1) is 0 Å². The van der Waals surface area contributed by atoms with Gasteiger partial charge in [0.1, 0.15) is 5.76 Å². The second kappa shape index (κ2) is 5.23. The molecule has 2 rings (SSSR count). The largest absolute Gasteiger partial charge is 0.468 e. The Kier molecular flexibility index (Phi) is 3.67. The lowest BCUT2D eigenvalue weighted by molar-refractivity contribution is 0.0939. The molecule has 4 nitrogen and oxygen atoms in total. The first-order valence-corrected chi connectivity index (χ1v) is 5.96. The van der Waals surface area contributed by atoms with Crippen molar-refractivity contribution in [1.29, 1.82) is 0 Å². The summed E-state index contributed by atoms with van der Waals surface area (Å²) in [4.78, 5) is 17.2. The van der Waals surface area contributed by atoms with Crippen molar-refractivity contribution in [3.8, 4) is 0 Å². The van der Waals surface area contributed by atoms with E-state index in [0.717, 1.165) is 22.7 Å². The smallest absolute Gasteiger partial charge is 0.178 e. The minimum Gasteiger partial charge on any atom is -0.468 e. The highest BCUT2D eigenvalue weighted by Crippen LogP contribution is 2.11. The first-order valence-electron chi connectivity index (χ1n) is 5.96. The SMILES string of the molecule is Cc1cc(C(=O)CN(C)Cc2ccco2)c(C)[nH]1. The zero-order valence-corrected chi connectivity index (χ0v) is 11.0. The third-order valence-electron chi connectivity index (χ3n) is 2.87. The summed E-state index contributed by atoms with van der Waals surface area (Å²) in [6, 6.07) is 5.66. The molecule has 0 aliphatic carbocycles. The number of aromatic nitrogens is 1. The molecule has 2 heterocycles. The highest BCUT2D eigenvalue weighted by molar-refractivity contribution is 5.98. The number of hydrogen-bond acceptors (Lipinski definition) is 3. The summed E-state index contributed by atoms with van der Waals surface area (Å²) in [6.07, 6.45) is 1.64. The Morgan fingerprint density at radius 2 is 2.22 bits per heavy atom. The van der Waals surface area contributed by atoms with Gasteiger partial charge in [-0.2, -0.15) is 0 Å². The predicted molar refractivity (Wildman–Crippen MR) is 69.6 cm³/mol. The van der Waals surface area contributed by atoms with Gasteiger partial charge in [0.05, 0.1) is 19.4 Å². The monoisotopic (exact) mass is 246 g/mol. The van der Waals surface area contributed by atoms with Crippen molar-refractivity contribution in [2.75, 3.05) is 13.6 Å². The number of aryl methyl sites for hydroxylation is 2. The first-order chi connectivity index (χ1) is 8.56. The number of nitrogens with zero attached hydrogens (tertiary/aromatic N) is 1. The van der Waals surface area contributed by atoms with Crippen molar-refractivity contribution in [2.24, 2.45) is 0 Å². The molecule has 0 amide bonds. The standard InChI is InChI=1S/C14H18N2O2/c1-10-7-13(11(2)15-10)14(17)9-16(3)8-12-5-4-6-18-12/h4-7,15H,8-9H2,1-3H3. The third-order valence-corrected chi connectivity index (χ3v) is 2.87. The van der Waals surface area contributed by atoms with Crippen molar-refractivity contribution in [3.63, 3.8) is 0 Å². The molecule has 1 N–H and O–H groups in total. The molecule has 0 saturated carbocycles. The molecular formula is C14H18N2O2. The summed E-state index contributed by atoms with van der Waals surface area (Å²) in [5.41, 5.74) is 2.73. The summed E-state index contributed by atoms with van der Waals surface area (Å²) >= 11 is 0. The van der Waals surface area contributed by atoms with Crippen LogP contribution in [0.1, 0.15) is 27.5 Å². The van der Waals surface area contributed by atoms with E-state index in [1.807, 2.05) is 44.0 Å². The van der Waals surface area contributed by atoms with E-state index < -0.39 is 0 Å². The number of furan rings is 1. The molecule has 2 aromatic heterocycles. The van der Waals surface area contributed by atoms with Crippen LogP contribution in [0.15, 0.2) is 28.9 Å². The molecule has 0 spiro atoms. The number of aromatic amines is 1. The predicted octanol–water partition coefficient (Wildman–Crippen LogP) is 2.54. The molecule has 0 aliphatic heterocycles. The number of carbonyl (C=O) groups is 1. The van der Waals surface area contributed by atoms with Crippen LogP contribution < -0.4 is 0 Å². The summed E-state index contributed by atoms with van der Waals surface area (Å²) in [5.74, 6) is 0.998. The van der Waals surface area contributed by atoms with Crippen LogP contribution >= 0.6 is 0 Å². The highest BCUT2D eigenvalue weighted by Gasteiger charge is 2.14. The van der Waals surface area contributed by atoms with Crippen molar-refractivity contribution >= 4 is 5.78 Å². The topological polar surface area (TPSA) is 49.2 Å². The van der Waals surface area contributed by atoms with Gasteiger partial charge in [-0.25, -0.2) is 0 Å². The number of hydrogen-bond donors (Lipinski definition) is 1. The number of ketones is 1. The van der Waals surface area contributed by atoms with Crippen LogP contribution in [-0.4, -0.2) is 29.3 Å². The van der Waals surface area contributed by atoms with Crippen molar-refractivity contribution in [1.82, 2.24) is 9.88 Å². The normalized spacial score (nSPS) is 11.1. The molecular weight excluding hydrogens is 228 g/mol. The maximum atomic E-state index is 12.1. The third kappa shape index (κ3) is 2.90. The molecule has 0 saturated heterocycles. The lowest BCUT2D eigenvalue weighted by atomic mass is 10.1. The zero-order valence-electron chi connectivity index (χ0n) is 11.0. The first kappa shape index (κ1) is 12.6. The van der Waals surface area contributed by atoms with Crippen molar-refractivity contribution in [2.45, 2.75) is 20.4 Å². The van der Waals surface area contributed by atoms with Crippen LogP contribution in [0.3, 0.4) is 0 Å². The summed E-state index contributed by atoms with van der Waals surface area (Å²) in [7, 11) is 1.91. The lowest BCUT2D eigenvalue weighted by Crippen LogP contribution is -2.25. The van der Waals surface area contributed by atoms with E-state index in [0.29, 0.717) is 13.1 Å². The molecule has 0 fully saturated rings. The molecule has 0 atom stereocenters. The Labute approximate surface area is 107 Å². The molecule has 96 valence electrons. The minimum absolute atomic E-state index is 0.130. The summed E-state index contributed by atoms with van der Waals surface area (Å²) in [5, 5.41) is 0. The van der Waals surface area contributed by atoms with Gasteiger partial charge >= 0.3 is 0 Å². The maximum absolute atomic E-state index is 12.1. The number of carbonyl (C=O) groups excluding carboxylic acids is 1. The lowest BCUT2D eigenvalue weighted by Gasteiger charge is -2.13. The van der Waals surface area contributed by atoms with Crippen LogP contribution in [0, 0.1) is 13.8 Å². The zero-order chi connectivity index (χ0) is 13.1. The average Bonchev–Trinajstić information content (AvgIpc) is 2.88. The Hall–Kier alpha value is -1.81. The van der Waals surface area contributed by atoms with Gasteiger partial charge in [0.15, 0.2) is 5.78 Å². The summed E-state index contributed by atoms with van der Waals surface area (Å²) < 4.78 is 5.26. The number of rotatable bonds is 5. The van der Waals surface area contributed by atoms with E-state index in [4.69, 9.17) is 4.42 Å². The van der Waals surface area contributed by atoms with Gasteiger partial charge in [0.2, 0.25) is 0 Å². The minimum atomic E-state index is 0.130. The molecule has 0 aromatic carbocycles. The number of likely N-dealkylation sites (N-methyl/N-ethyl adjacent to an activating group) is 1. The fourth-order valence-corrected chi connectivity index (χ4v) is 2.07. The fourth-order valence-electron chi connectivity index (χ4n) is 2.07. The second-order valence-electron chi connectivity index (χ2n) is 4.67. The van der Waals surface area contributed by atoms with Gasteiger partial charge in [0.25, 0.3) is 0 Å².